The van der Waals surface area contributed by atoms with Crippen molar-refractivity contribution in [3.8, 4) is 0 Å². The Balaban J connectivity index is 3.17. The Labute approximate surface area is 67.2 Å². The van der Waals surface area contributed by atoms with Crippen LogP contribution in [-0.2, 0) is 0 Å². The third kappa shape index (κ3) is 1.63. The third-order valence-electron chi connectivity index (χ3n) is 1.20. The molecule has 2 nitrogen and oxygen atoms in total. The summed E-state index contributed by atoms with van der Waals surface area (Å²) in [5.41, 5.74) is -0.0314. The number of aryl methyl sites for hydroxylation is 1. The minimum atomic E-state index is -2.64. The zero-order chi connectivity index (χ0) is 8.43. The second-order valence-electron chi connectivity index (χ2n) is 1.96. The predicted octanol–water partition coefficient (Wildman–Crippen LogP) is 2.38. The molecule has 1 heterocycles. The molecule has 5 heteroatoms. The molecule has 0 saturated heterocycles. The molecule has 0 aliphatic heterocycles. The van der Waals surface area contributed by atoms with Crippen molar-refractivity contribution in [2.24, 2.45) is 0 Å². The maximum Gasteiger partial charge on any atom is 0.281 e. The van der Waals surface area contributed by atoms with Gasteiger partial charge in [-0.05, 0) is 6.92 Å². The molecule has 0 amide bonds. The van der Waals surface area contributed by atoms with E-state index in [1.54, 1.807) is 6.92 Å². The largest absolute Gasteiger partial charge is 0.281 e. The van der Waals surface area contributed by atoms with Crippen molar-refractivity contribution in [3.05, 3.63) is 22.7 Å². The molecule has 1 aromatic heterocycles. The summed E-state index contributed by atoms with van der Waals surface area (Å²) < 4.78 is 24.1. The van der Waals surface area contributed by atoms with Crippen molar-refractivity contribution in [1.82, 2.24) is 9.97 Å². The van der Waals surface area contributed by atoms with Crippen LogP contribution in [0, 0.1) is 6.92 Å². The average molecular weight is 179 g/mol. The van der Waals surface area contributed by atoms with E-state index in [1.165, 1.54) is 0 Å². The summed E-state index contributed by atoms with van der Waals surface area (Å²) in [5, 5.41) is -0.0532. The fraction of sp³-hybridized carbons (Fsp3) is 0.333. The fourth-order valence-electron chi connectivity index (χ4n) is 0.628. The molecule has 1 rings (SSSR count). The summed E-state index contributed by atoms with van der Waals surface area (Å²) in [4.78, 5) is 6.99. The Hall–Kier alpha value is -0.770. The van der Waals surface area contributed by atoms with E-state index in [9.17, 15) is 8.78 Å². The van der Waals surface area contributed by atoms with Gasteiger partial charge in [0.05, 0.1) is 10.7 Å². The lowest BCUT2D eigenvalue weighted by Crippen LogP contribution is -1.95. The number of alkyl halides is 2. The molecule has 1 aromatic rings. The lowest BCUT2D eigenvalue weighted by Gasteiger charge is -2.01. The van der Waals surface area contributed by atoms with E-state index < -0.39 is 12.1 Å². The Bertz CT molecular complexity index is 265. The van der Waals surface area contributed by atoms with E-state index in [1.807, 2.05) is 0 Å². The summed E-state index contributed by atoms with van der Waals surface area (Å²) in [7, 11) is 0. The molecule has 11 heavy (non-hydrogen) atoms. The van der Waals surface area contributed by atoms with Gasteiger partial charge in [-0.2, -0.15) is 0 Å². The van der Waals surface area contributed by atoms with Gasteiger partial charge in [-0.25, -0.2) is 18.7 Å². The van der Waals surface area contributed by atoms with Crippen molar-refractivity contribution >= 4 is 11.6 Å². The molecule has 60 valence electrons. The molecule has 0 fully saturated rings. The Morgan fingerprint density at radius 3 is 2.55 bits per heavy atom. The van der Waals surface area contributed by atoms with Crippen LogP contribution in [-0.4, -0.2) is 9.97 Å². The summed E-state index contributed by atoms with van der Waals surface area (Å²) >= 11 is 5.48. The number of rotatable bonds is 1. The van der Waals surface area contributed by atoms with Crippen molar-refractivity contribution in [2.75, 3.05) is 0 Å². The molecule has 0 unspecified atom stereocenters. The average Bonchev–Trinajstić information content (AvgIpc) is 1.94. The van der Waals surface area contributed by atoms with Crippen LogP contribution in [0.15, 0.2) is 6.33 Å². The van der Waals surface area contributed by atoms with Gasteiger partial charge in [0.25, 0.3) is 6.43 Å². The van der Waals surface area contributed by atoms with Crippen LogP contribution in [0.4, 0.5) is 8.78 Å². The normalized spacial score (nSPS) is 10.6. The quantitative estimate of drug-likeness (QED) is 0.660. The van der Waals surface area contributed by atoms with E-state index >= 15 is 0 Å². The van der Waals surface area contributed by atoms with Crippen molar-refractivity contribution in [2.45, 2.75) is 13.3 Å². The first kappa shape index (κ1) is 8.33. The number of aromatic nitrogens is 2. The van der Waals surface area contributed by atoms with Gasteiger partial charge in [-0.1, -0.05) is 11.6 Å². The van der Waals surface area contributed by atoms with Crippen molar-refractivity contribution in [1.29, 1.82) is 0 Å². The van der Waals surface area contributed by atoms with Gasteiger partial charge in [0.15, 0.2) is 0 Å². The van der Waals surface area contributed by atoms with Gasteiger partial charge in [-0.15, -0.1) is 0 Å². The van der Waals surface area contributed by atoms with Gasteiger partial charge in [0, 0.05) is 0 Å². The lowest BCUT2D eigenvalue weighted by molar-refractivity contribution is 0.146. The highest BCUT2D eigenvalue weighted by atomic mass is 35.5. The molecule has 0 aliphatic rings. The number of hydrogen-bond donors (Lipinski definition) is 0. The van der Waals surface area contributed by atoms with Crippen LogP contribution < -0.4 is 0 Å². The monoisotopic (exact) mass is 178 g/mol. The first-order valence-electron chi connectivity index (χ1n) is 2.88. The second kappa shape index (κ2) is 3.09. The van der Waals surface area contributed by atoms with Gasteiger partial charge in [0.2, 0.25) is 0 Å². The Morgan fingerprint density at radius 1 is 1.45 bits per heavy atom. The first-order valence-corrected chi connectivity index (χ1v) is 3.26. The van der Waals surface area contributed by atoms with E-state index in [2.05, 4.69) is 9.97 Å². The van der Waals surface area contributed by atoms with E-state index in [4.69, 9.17) is 11.6 Å². The Kier molecular flexibility index (Phi) is 2.34. The Morgan fingerprint density at radius 2 is 2.09 bits per heavy atom. The predicted molar refractivity (Wildman–Crippen MR) is 36.7 cm³/mol. The number of hydrogen-bond acceptors (Lipinski definition) is 2. The molecular formula is C6H5ClF2N2. The number of nitrogens with zero attached hydrogens (tertiary/aromatic N) is 2. The SMILES string of the molecule is Cc1ncnc(C(F)F)c1Cl. The van der Waals surface area contributed by atoms with Crippen LogP contribution in [0.5, 0.6) is 0 Å². The smallest absolute Gasteiger partial charge is 0.240 e. The topological polar surface area (TPSA) is 25.8 Å². The summed E-state index contributed by atoms with van der Waals surface area (Å²) in [5.74, 6) is 0. The molecule has 0 atom stereocenters. The molecule has 0 spiro atoms. The van der Waals surface area contributed by atoms with E-state index in [-0.39, 0.29) is 5.02 Å². The van der Waals surface area contributed by atoms with Gasteiger partial charge < -0.3 is 0 Å². The van der Waals surface area contributed by atoms with Crippen LogP contribution in [0.3, 0.4) is 0 Å². The molecule has 0 saturated carbocycles. The highest BCUT2D eigenvalue weighted by Crippen LogP contribution is 2.25. The van der Waals surface area contributed by atoms with Crippen molar-refractivity contribution < 1.29 is 8.78 Å². The zero-order valence-electron chi connectivity index (χ0n) is 5.68. The standard InChI is InChI=1S/C6H5ClF2N2/c1-3-4(7)5(6(8)9)11-2-10-3/h2,6H,1H3. The highest BCUT2D eigenvalue weighted by Gasteiger charge is 2.14. The summed E-state index contributed by atoms with van der Waals surface area (Å²) in [6.07, 6.45) is -1.56. The van der Waals surface area contributed by atoms with Crippen LogP contribution in [0.1, 0.15) is 17.8 Å². The third-order valence-corrected chi connectivity index (χ3v) is 1.66. The maximum atomic E-state index is 12.0. The zero-order valence-corrected chi connectivity index (χ0v) is 6.44. The molecule has 0 radical (unpaired) electrons. The lowest BCUT2D eigenvalue weighted by atomic mass is 10.3. The fourth-order valence-corrected chi connectivity index (χ4v) is 0.809. The van der Waals surface area contributed by atoms with Crippen LogP contribution in [0.2, 0.25) is 5.02 Å². The minimum absolute atomic E-state index is 0.0532. The minimum Gasteiger partial charge on any atom is -0.240 e. The summed E-state index contributed by atoms with van der Waals surface area (Å²) in [6.45, 7) is 1.55. The van der Waals surface area contributed by atoms with E-state index in [0.717, 1.165) is 6.33 Å². The van der Waals surface area contributed by atoms with E-state index in [0.29, 0.717) is 5.69 Å². The highest BCUT2D eigenvalue weighted by molar-refractivity contribution is 6.31. The second-order valence-corrected chi connectivity index (χ2v) is 2.34. The first-order chi connectivity index (χ1) is 5.13. The van der Waals surface area contributed by atoms with Gasteiger partial charge >= 0.3 is 0 Å². The molecule has 0 aliphatic carbocycles. The molecule has 0 N–H and O–H groups in total. The molecular weight excluding hydrogens is 174 g/mol. The van der Waals surface area contributed by atoms with Crippen LogP contribution in [0.25, 0.3) is 0 Å². The van der Waals surface area contributed by atoms with Crippen molar-refractivity contribution in [3.63, 3.8) is 0 Å². The van der Waals surface area contributed by atoms with Gasteiger partial charge in [0.1, 0.15) is 12.0 Å². The maximum absolute atomic E-state index is 12.0. The number of halogens is 3. The van der Waals surface area contributed by atoms with Crippen LogP contribution >= 0.6 is 11.6 Å². The molecule has 0 aromatic carbocycles. The van der Waals surface area contributed by atoms with Gasteiger partial charge in [-0.3, -0.25) is 0 Å². The molecule has 0 bridgehead atoms. The summed E-state index contributed by atoms with van der Waals surface area (Å²) in [6, 6.07) is 0.